The molecule has 2 aliphatic rings. The molecule has 0 bridgehead atoms. The number of piperidine rings is 1. The lowest BCUT2D eigenvalue weighted by Gasteiger charge is -2.31. The first-order chi connectivity index (χ1) is 8.15. The van der Waals surface area contributed by atoms with Crippen LogP contribution in [0.1, 0.15) is 6.42 Å². The van der Waals surface area contributed by atoms with Crippen molar-refractivity contribution in [2.45, 2.75) is 6.42 Å². The van der Waals surface area contributed by atoms with Gasteiger partial charge in [-0.05, 0) is 18.5 Å². The maximum absolute atomic E-state index is 11.8. The Kier molecular flexibility index (Phi) is 3.31. The molecule has 2 amide bonds. The van der Waals surface area contributed by atoms with Crippen molar-refractivity contribution in [3.8, 4) is 0 Å². The SMILES string of the molecule is CN1C(=O)[C@@H]2CCN(CCN=[N+]=[N-])C[C@H]2C1=O. The molecule has 2 atom stereocenters. The van der Waals surface area contributed by atoms with E-state index in [1.165, 1.54) is 4.90 Å². The lowest BCUT2D eigenvalue weighted by Crippen LogP contribution is -2.42. The van der Waals surface area contributed by atoms with Crippen molar-refractivity contribution in [3.63, 3.8) is 0 Å². The molecule has 0 aromatic rings. The maximum Gasteiger partial charge on any atom is 0.234 e. The van der Waals surface area contributed by atoms with Crippen molar-refractivity contribution in [2.24, 2.45) is 17.0 Å². The third kappa shape index (κ3) is 2.11. The van der Waals surface area contributed by atoms with Crippen LogP contribution in [0.4, 0.5) is 0 Å². The average molecular weight is 237 g/mol. The van der Waals surface area contributed by atoms with Crippen LogP contribution in [0.3, 0.4) is 0 Å². The summed E-state index contributed by atoms with van der Waals surface area (Å²) in [4.78, 5) is 29.6. The van der Waals surface area contributed by atoms with E-state index in [-0.39, 0.29) is 23.7 Å². The first-order valence-electron chi connectivity index (χ1n) is 5.69. The van der Waals surface area contributed by atoms with Gasteiger partial charge in [-0.3, -0.25) is 14.5 Å². The molecular weight excluding hydrogens is 222 g/mol. The van der Waals surface area contributed by atoms with E-state index < -0.39 is 0 Å². The molecule has 2 rings (SSSR count). The number of carbonyl (C=O) groups excluding carboxylic acids is 2. The predicted molar refractivity (Wildman–Crippen MR) is 59.8 cm³/mol. The number of rotatable bonds is 3. The average Bonchev–Trinajstić information content (AvgIpc) is 2.55. The second-order valence-corrected chi connectivity index (χ2v) is 4.49. The molecule has 0 spiro atoms. The topological polar surface area (TPSA) is 89.4 Å². The number of carbonyl (C=O) groups is 2. The molecule has 7 heteroatoms. The van der Waals surface area contributed by atoms with Gasteiger partial charge in [0, 0.05) is 31.6 Å². The van der Waals surface area contributed by atoms with Gasteiger partial charge in [0.15, 0.2) is 0 Å². The van der Waals surface area contributed by atoms with Gasteiger partial charge in [0.05, 0.1) is 11.8 Å². The molecule has 2 saturated heterocycles. The Bertz CT molecular complexity index is 390. The highest BCUT2D eigenvalue weighted by Gasteiger charge is 2.47. The summed E-state index contributed by atoms with van der Waals surface area (Å²) in [6.07, 6.45) is 0.718. The second kappa shape index (κ2) is 4.73. The van der Waals surface area contributed by atoms with Gasteiger partial charge in [-0.1, -0.05) is 5.11 Å². The predicted octanol–water partition coefficient (Wildman–Crippen LogP) is 0.233. The number of nitrogens with zero attached hydrogens (tertiary/aromatic N) is 5. The third-order valence-electron chi connectivity index (χ3n) is 3.57. The van der Waals surface area contributed by atoms with E-state index in [0.29, 0.717) is 19.6 Å². The van der Waals surface area contributed by atoms with Crippen LogP contribution < -0.4 is 0 Å². The zero-order valence-electron chi connectivity index (χ0n) is 9.74. The fraction of sp³-hybridized carbons (Fsp3) is 0.800. The van der Waals surface area contributed by atoms with Gasteiger partial charge in [0.1, 0.15) is 0 Å². The van der Waals surface area contributed by atoms with Crippen molar-refractivity contribution in [3.05, 3.63) is 10.4 Å². The van der Waals surface area contributed by atoms with Gasteiger partial charge in [-0.2, -0.15) is 0 Å². The zero-order valence-corrected chi connectivity index (χ0v) is 9.74. The van der Waals surface area contributed by atoms with Crippen LogP contribution in [0.15, 0.2) is 5.11 Å². The normalized spacial score (nSPS) is 29.1. The maximum atomic E-state index is 11.8. The van der Waals surface area contributed by atoms with Gasteiger partial charge >= 0.3 is 0 Å². The van der Waals surface area contributed by atoms with Crippen molar-refractivity contribution in [1.29, 1.82) is 0 Å². The van der Waals surface area contributed by atoms with E-state index in [1.807, 2.05) is 0 Å². The Hall–Kier alpha value is -1.59. The van der Waals surface area contributed by atoms with E-state index in [2.05, 4.69) is 14.9 Å². The molecule has 2 fully saturated rings. The Balaban J connectivity index is 1.97. The molecule has 2 heterocycles. The quantitative estimate of drug-likeness (QED) is 0.304. The fourth-order valence-electron chi connectivity index (χ4n) is 2.61. The molecule has 0 aromatic carbocycles. The van der Waals surface area contributed by atoms with Gasteiger partial charge in [-0.15, -0.1) is 0 Å². The summed E-state index contributed by atoms with van der Waals surface area (Å²) in [5.74, 6) is -0.460. The second-order valence-electron chi connectivity index (χ2n) is 4.49. The minimum Gasteiger partial charge on any atom is -0.302 e. The minimum absolute atomic E-state index is 0.0466. The van der Waals surface area contributed by atoms with Crippen LogP contribution in [-0.2, 0) is 9.59 Å². The fourth-order valence-corrected chi connectivity index (χ4v) is 2.61. The van der Waals surface area contributed by atoms with E-state index in [0.717, 1.165) is 13.0 Å². The van der Waals surface area contributed by atoms with Gasteiger partial charge < -0.3 is 4.90 Å². The number of likely N-dealkylation sites (tertiary alicyclic amines) is 2. The Labute approximate surface area is 99.0 Å². The van der Waals surface area contributed by atoms with Crippen molar-refractivity contribution in [2.75, 3.05) is 33.2 Å². The molecule has 7 nitrogen and oxygen atoms in total. The zero-order chi connectivity index (χ0) is 12.4. The molecule has 0 aliphatic carbocycles. The summed E-state index contributed by atoms with van der Waals surface area (Å²) >= 11 is 0. The molecule has 0 N–H and O–H groups in total. The van der Waals surface area contributed by atoms with Crippen LogP contribution >= 0.6 is 0 Å². The lowest BCUT2D eigenvalue weighted by molar-refractivity contribution is -0.138. The largest absolute Gasteiger partial charge is 0.302 e. The summed E-state index contributed by atoms with van der Waals surface area (Å²) in [5, 5.41) is 3.48. The standard InChI is InChI=1S/C10H15N5O2/c1-14-9(16)7-2-4-15(5-3-12-13-11)6-8(7)10(14)17/h7-8H,2-6H2,1H3/t7-,8-/m1/s1. The van der Waals surface area contributed by atoms with E-state index >= 15 is 0 Å². The van der Waals surface area contributed by atoms with Crippen LogP contribution in [0.5, 0.6) is 0 Å². The molecule has 0 aromatic heterocycles. The summed E-state index contributed by atoms with van der Waals surface area (Å²) in [5.41, 5.74) is 8.19. The molecule has 0 radical (unpaired) electrons. The van der Waals surface area contributed by atoms with Crippen molar-refractivity contribution in [1.82, 2.24) is 9.80 Å². The van der Waals surface area contributed by atoms with E-state index in [1.54, 1.807) is 7.05 Å². The van der Waals surface area contributed by atoms with E-state index in [9.17, 15) is 9.59 Å². The van der Waals surface area contributed by atoms with Crippen molar-refractivity contribution < 1.29 is 9.59 Å². The first kappa shape index (κ1) is 11.9. The summed E-state index contributed by atoms with van der Waals surface area (Å²) in [7, 11) is 1.55. The number of amides is 2. The highest BCUT2D eigenvalue weighted by Crippen LogP contribution is 2.32. The number of fused-ring (bicyclic) bond motifs is 1. The molecule has 0 saturated carbocycles. The minimum atomic E-state index is -0.202. The summed E-state index contributed by atoms with van der Waals surface area (Å²) in [6, 6.07) is 0. The highest BCUT2D eigenvalue weighted by atomic mass is 16.2. The number of hydrogen-bond donors (Lipinski definition) is 0. The Morgan fingerprint density at radius 2 is 2.12 bits per heavy atom. The van der Waals surface area contributed by atoms with Crippen LogP contribution in [0.2, 0.25) is 0 Å². The smallest absolute Gasteiger partial charge is 0.234 e. The van der Waals surface area contributed by atoms with Gasteiger partial charge in [-0.25, -0.2) is 0 Å². The van der Waals surface area contributed by atoms with Crippen LogP contribution in [0, 0.1) is 11.8 Å². The van der Waals surface area contributed by atoms with Crippen LogP contribution in [-0.4, -0.2) is 54.8 Å². The number of imide groups is 1. The molecule has 2 aliphatic heterocycles. The summed E-state index contributed by atoms with van der Waals surface area (Å²) in [6.45, 7) is 2.44. The lowest BCUT2D eigenvalue weighted by atomic mass is 9.88. The van der Waals surface area contributed by atoms with Gasteiger partial charge in [0.2, 0.25) is 11.8 Å². The van der Waals surface area contributed by atoms with Crippen LogP contribution in [0.25, 0.3) is 10.4 Å². The van der Waals surface area contributed by atoms with E-state index in [4.69, 9.17) is 5.53 Å². The first-order valence-corrected chi connectivity index (χ1v) is 5.69. The van der Waals surface area contributed by atoms with Crippen molar-refractivity contribution >= 4 is 11.8 Å². The monoisotopic (exact) mass is 237 g/mol. The Morgan fingerprint density at radius 3 is 2.82 bits per heavy atom. The number of hydrogen-bond acceptors (Lipinski definition) is 4. The number of azide groups is 1. The molecule has 0 unspecified atom stereocenters. The Morgan fingerprint density at radius 1 is 1.41 bits per heavy atom. The third-order valence-corrected chi connectivity index (χ3v) is 3.57. The highest BCUT2D eigenvalue weighted by molar-refractivity contribution is 6.05. The van der Waals surface area contributed by atoms with Gasteiger partial charge in [0.25, 0.3) is 0 Å². The summed E-state index contributed by atoms with van der Waals surface area (Å²) < 4.78 is 0. The molecule has 17 heavy (non-hydrogen) atoms. The molecule has 92 valence electrons. The molecular formula is C10H15N5O2.